The number of halogens is 1. The van der Waals surface area contributed by atoms with E-state index in [0.717, 1.165) is 22.4 Å². The highest BCUT2D eigenvalue weighted by Crippen LogP contribution is 2.25. The highest BCUT2D eigenvalue weighted by atomic mass is 35.5. The zero-order chi connectivity index (χ0) is 19.3. The van der Waals surface area contributed by atoms with Crippen LogP contribution < -0.4 is 10.2 Å². The smallest absolute Gasteiger partial charge is 0.229 e. The van der Waals surface area contributed by atoms with Crippen molar-refractivity contribution in [1.82, 2.24) is 5.32 Å². The summed E-state index contributed by atoms with van der Waals surface area (Å²) in [7, 11) is 0. The van der Waals surface area contributed by atoms with Crippen LogP contribution in [0.2, 0.25) is 5.02 Å². The van der Waals surface area contributed by atoms with E-state index in [1.54, 1.807) is 17.0 Å². The fraction of sp³-hybridized carbons (Fsp3) is 0.333. The minimum absolute atomic E-state index is 0.0341. The predicted octanol–water partition coefficient (Wildman–Crippen LogP) is 4.58. The predicted molar refractivity (Wildman–Crippen MR) is 107 cm³/mol. The normalized spacial score (nSPS) is 11.7. The quantitative estimate of drug-likeness (QED) is 0.806. The molecule has 0 aliphatic heterocycles. The van der Waals surface area contributed by atoms with Crippen LogP contribution in [-0.4, -0.2) is 18.4 Å². The largest absolute Gasteiger partial charge is 0.349 e. The van der Waals surface area contributed by atoms with Gasteiger partial charge in [-0.1, -0.05) is 41.4 Å². The van der Waals surface area contributed by atoms with E-state index in [2.05, 4.69) is 11.4 Å². The van der Waals surface area contributed by atoms with Gasteiger partial charge in [-0.15, -0.1) is 0 Å². The number of aryl methyl sites for hydroxylation is 2. The number of benzene rings is 2. The first-order valence-corrected chi connectivity index (χ1v) is 9.09. The van der Waals surface area contributed by atoms with Crippen LogP contribution >= 0.6 is 11.6 Å². The summed E-state index contributed by atoms with van der Waals surface area (Å²) in [4.78, 5) is 26.4. The Kier molecular flexibility index (Phi) is 6.81. The number of carbonyl (C=O) groups excluding carboxylic acids is 2. The SMILES string of the molecule is CCN(C(=O)CC(NC(C)=O)c1ccc(Cl)cc1)c1ccc(C)cc1C. The van der Waals surface area contributed by atoms with Crippen LogP contribution in [0.3, 0.4) is 0 Å². The second kappa shape index (κ2) is 8.86. The van der Waals surface area contributed by atoms with Gasteiger partial charge < -0.3 is 10.2 Å². The third kappa shape index (κ3) is 5.09. The molecule has 0 spiro atoms. The Balaban J connectivity index is 2.26. The van der Waals surface area contributed by atoms with Crippen molar-refractivity contribution in [2.24, 2.45) is 0 Å². The Morgan fingerprint density at radius 1 is 1.12 bits per heavy atom. The molecule has 1 unspecified atom stereocenters. The summed E-state index contributed by atoms with van der Waals surface area (Å²) in [6.45, 7) is 8.00. The standard InChI is InChI=1S/C21H25ClN2O2/c1-5-24(20-11-6-14(2)12-15(20)3)21(26)13-19(23-16(4)25)17-7-9-18(22)10-8-17/h6-12,19H,5,13H2,1-4H3,(H,23,25). The summed E-state index contributed by atoms with van der Waals surface area (Å²) in [5, 5.41) is 3.49. The average Bonchev–Trinajstić information content (AvgIpc) is 2.57. The zero-order valence-corrected chi connectivity index (χ0v) is 16.4. The monoisotopic (exact) mass is 372 g/mol. The molecule has 0 radical (unpaired) electrons. The van der Waals surface area contributed by atoms with E-state index in [-0.39, 0.29) is 18.2 Å². The maximum atomic E-state index is 13.0. The molecule has 2 aromatic rings. The molecule has 0 heterocycles. The Hall–Kier alpha value is -2.33. The van der Waals surface area contributed by atoms with E-state index < -0.39 is 6.04 Å². The van der Waals surface area contributed by atoms with Gasteiger partial charge in [-0.25, -0.2) is 0 Å². The van der Waals surface area contributed by atoms with Gasteiger partial charge in [0.05, 0.1) is 12.5 Å². The van der Waals surface area contributed by atoms with Crippen LogP contribution in [0.5, 0.6) is 0 Å². The summed E-state index contributed by atoms with van der Waals surface area (Å²) in [5.74, 6) is -0.208. The minimum Gasteiger partial charge on any atom is -0.349 e. The number of hydrogen-bond acceptors (Lipinski definition) is 2. The van der Waals surface area contributed by atoms with Gasteiger partial charge in [-0.2, -0.15) is 0 Å². The molecular formula is C21H25ClN2O2. The first-order chi connectivity index (χ1) is 12.3. The summed E-state index contributed by atoms with van der Waals surface area (Å²) in [6.07, 6.45) is 0.183. The number of amides is 2. The lowest BCUT2D eigenvalue weighted by molar-refractivity contribution is -0.121. The molecule has 2 amide bonds. The second-order valence-electron chi connectivity index (χ2n) is 6.44. The number of anilines is 1. The summed E-state index contributed by atoms with van der Waals surface area (Å²) in [5.41, 5.74) is 3.98. The number of hydrogen-bond donors (Lipinski definition) is 1. The van der Waals surface area contributed by atoms with Gasteiger partial charge >= 0.3 is 0 Å². The summed E-state index contributed by atoms with van der Waals surface area (Å²) < 4.78 is 0. The zero-order valence-electron chi connectivity index (χ0n) is 15.7. The van der Waals surface area contributed by atoms with Crippen molar-refractivity contribution >= 4 is 29.1 Å². The lowest BCUT2D eigenvalue weighted by Crippen LogP contribution is -2.36. The van der Waals surface area contributed by atoms with E-state index in [9.17, 15) is 9.59 Å². The topological polar surface area (TPSA) is 49.4 Å². The molecule has 2 aromatic carbocycles. The molecule has 0 fully saturated rings. The first-order valence-electron chi connectivity index (χ1n) is 8.72. The van der Waals surface area contributed by atoms with Gasteiger partial charge in [-0.3, -0.25) is 9.59 Å². The van der Waals surface area contributed by atoms with Gasteiger partial charge in [0.15, 0.2) is 0 Å². The molecule has 4 nitrogen and oxygen atoms in total. The van der Waals surface area contributed by atoms with Gasteiger partial charge in [0.1, 0.15) is 0 Å². The van der Waals surface area contributed by atoms with Crippen molar-refractivity contribution in [2.45, 2.75) is 40.2 Å². The van der Waals surface area contributed by atoms with Crippen LogP contribution in [0, 0.1) is 13.8 Å². The van der Waals surface area contributed by atoms with Crippen molar-refractivity contribution in [1.29, 1.82) is 0 Å². The van der Waals surface area contributed by atoms with Gasteiger partial charge in [0.25, 0.3) is 0 Å². The highest BCUT2D eigenvalue weighted by molar-refractivity contribution is 6.30. The lowest BCUT2D eigenvalue weighted by Gasteiger charge is -2.26. The molecule has 0 aliphatic carbocycles. The third-order valence-electron chi connectivity index (χ3n) is 4.29. The van der Waals surface area contributed by atoms with Crippen molar-refractivity contribution in [3.8, 4) is 0 Å². The molecule has 0 saturated carbocycles. The van der Waals surface area contributed by atoms with Crippen molar-refractivity contribution < 1.29 is 9.59 Å². The molecule has 5 heteroatoms. The molecule has 1 N–H and O–H groups in total. The molecule has 1 atom stereocenters. The lowest BCUT2D eigenvalue weighted by atomic mass is 10.0. The molecule has 26 heavy (non-hydrogen) atoms. The Morgan fingerprint density at radius 2 is 1.77 bits per heavy atom. The van der Waals surface area contributed by atoms with Crippen LogP contribution in [0.25, 0.3) is 0 Å². The van der Waals surface area contributed by atoms with Crippen molar-refractivity contribution in [2.75, 3.05) is 11.4 Å². The molecule has 0 bridgehead atoms. The fourth-order valence-corrected chi connectivity index (χ4v) is 3.19. The van der Waals surface area contributed by atoms with E-state index in [1.807, 2.05) is 45.0 Å². The fourth-order valence-electron chi connectivity index (χ4n) is 3.07. The maximum absolute atomic E-state index is 13.0. The maximum Gasteiger partial charge on any atom is 0.229 e. The van der Waals surface area contributed by atoms with Crippen LogP contribution in [0.4, 0.5) is 5.69 Å². The van der Waals surface area contributed by atoms with E-state index in [0.29, 0.717) is 11.6 Å². The van der Waals surface area contributed by atoms with Crippen LogP contribution in [-0.2, 0) is 9.59 Å². The van der Waals surface area contributed by atoms with Gasteiger partial charge in [0.2, 0.25) is 11.8 Å². The van der Waals surface area contributed by atoms with Crippen LogP contribution in [0.15, 0.2) is 42.5 Å². The van der Waals surface area contributed by atoms with E-state index >= 15 is 0 Å². The summed E-state index contributed by atoms with van der Waals surface area (Å²) in [6, 6.07) is 12.8. The summed E-state index contributed by atoms with van der Waals surface area (Å²) >= 11 is 5.95. The number of rotatable bonds is 6. The van der Waals surface area contributed by atoms with E-state index in [4.69, 9.17) is 11.6 Å². The molecule has 2 rings (SSSR count). The molecule has 138 valence electrons. The Bertz CT molecular complexity index is 787. The Morgan fingerprint density at radius 3 is 2.31 bits per heavy atom. The Labute approximate surface area is 160 Å². The first kappa shape index (κ1) is 20.0. The molecule has 0 aliphatic rings. The van der Waals surface area contributed by atoms with Gasteiger partial charge in [-0.05, 0) is 50.1 Å². The highest BCUT2D eigenvalue weighted by Gasteiger charge is 2.22. The molecular weight excluding hydrogens is 348 g/mol. The average molecular weight is 373 g/mol. The van der Waals surface area contributed by atoms with Crippen molar-refractivity contribution in [3.63, 3.8) is 0 Å². The second-order valence-corrected chi connectivity index (χ2v) is 6.87. The van der Waals surface area contributed by atoms with Crippen LogP contribution in [0.1, 0.15) is 43.0 Å². The number of nitrogens with zero attached hydrogens (tertiary/aromatic N) is 1. The van der Waals surface area contributed by atoms with Gasteiger partial charge in [0, 0.05) is 24.2 Å². The molecule has 0 saturated heterocycles. The number of nitrogens with one attached hydrogen (secondary N) is 1. The molecule has 0 aromatic heterocycles. The van der Waals surface area contributed by atoms with E-state index in [1.165, 1.54) is 6.92 Å². The third-order valence-corrected chi connectivity index (χ3v) is 4.54. The van der Waals surface area contributed by atoms with Crippen molar-refractivity contribution in [3.05, 3.63) is 64.2 Å². The minimum atomic E-state index is -0.392. The number of carbonyl (C=O) groups is 2.